The summed E-state index contributed by atoms with van der Waals surface area (Å²) < 4.78 is 0. The van der Waals surface area contributed by atoms with Crippen LogP contribution in [0.25, 0.3) is 6.08 Å². The molecule has 1 N–H and O–H groups in total. The molecule has 5 heteroatoms. The minimum absolute atomic E-state index is 0.0118. The van der Waals surface area contributed by atoms with Crippen molar-refractivity contribution < 1.29 is 4.79 Å². The van der Waals surface area contributed by atoms with Crippen molar-refractivity contribution in [3.8, 4) is 6.07 Å². The Bertz CT molecular complexity index is 764. The normalized spacial score (nSPS) is 10.9. The molecule has 0 heterocycles. The molecule has 2 aromatic carbocycles. The zero-order chi connectivity index (χ0) is 16.7. The van der Waals surface area contributed by atoms with Crippen LogP contribution < -0.4 is 5.32 Å². The number of hydrogen-bond donors (Lipinski definition) is 1. The predicted octanol–water partition coefficient (Wildman–Crippen LogP) is 4.26. The average molecular weight is 345 g/mol. The molecular formula is C18H14Cl2N2O. The highest BCUT2D eigenvalue weighted by Crippen LogP contribution is 2.27. The summed E-state index contributed by atoms with van der Waals surface area (Å²) in [6.45, 7) is 0.450. The van der Waals surface area contributed by atoms with Crippen LogP contribution in [0.5, 0.6) is 0 Å². The van der Waals surface area contributed by atoms with Gasteiger partial charge < -0.3 is 5.32 Å². The van der Waals surface area contributed by atoms with Gasteiger partial charge in [0.15, 0.2) is 0 Å². The molecule has 2 aromatic rings. The Morgan fingerprint density at radius 2 is 1.87 bits per heavy atom. The van der Waals surface area contributed by atoms with Crippen LogP contribution >= 0.6 is 23.2 Å². The van der Waals surface area contributed by atoms with Crippen LogP contribution in [0.2, 0.25) is 10.0 Å². The average Bonchev–Trinajstić information content (AvgIpc) is 2.57. The van der Waals surface area contributed by atoms with E-state index in [9.17, 15) is 10.1 Å². The van der Waals surface area contributed by atoms with E-state index in [1.165, 1.54) is 6.08 Å². The summed E-state index contributed by atoms with van der Waals surface area (Å²) in [5, 5.41) is 12.6. The third kappa shape index (κ3) is 4.85. The van der Waals surface area contributed by atoms with Gasteiger partial charge in [-0.3, -0.25) is 4.79 Å². The van der Waals surface area contributed by atoms with Crippen molar-refractivity contribution in [1.29, 1.82) is 5.26 Å². The molecule has 3 nitrogen and oxygen atoms in total. The number of nitriles is 1. The molecule has 0 atom stereocenters. The summed E-state index contributed by atoms with van der Waals surface area (Å²) in [5.74, 6) is -0.431. The number of nitrogens with zero attached hydrogens (tertiary/aromatic N) is 1. The molecule has 0 spiro atoms. The number of carbonyl (C=O) groups is 1. The van der Waals surface area contributed by atoms with Crippen molar-refractivity contribution >= 4 is 35.2 Å². The van der Waals surface area contributed by atoms with Gasteiger partial charge in [0.1, 0.15) is 11.6 Å². The first-order chi connectivity index (χ1) is 11.1. The van der Waals surface area contributed by atoms with Gasteiger partial charge in [-0.05, 0) is 29.7 Å². The minimum atomic E-state index is -0.431. The molecule has 0 saturated heterocycles. The first kappa shape index (κ1) is 17.1. The molecule has 2 rings (SSSR count). The highest BCUT2D eigenvalue weighted by atomic mass is 35.5. The van der Waals surface area contributed by atoms with Crippen molar-refractivity contribution in [2.75, 3.05) is 6.54 Å². The Morgan fingerprint density at radius 3 is 2.57 bits per heavy atom. The van der Waals surface area contributed by atoms with E-state index in [1.807, 2.05) is 36.4 Å². The molecule has 0 unspecified atom stereocenters. The number of carbonyl (C=O) groups excluding carboxylic acids is 1. The van der Waals surface area contributed by atoms with E-state index in [0.29, 0.717) is 28.6 Å². The molecule has 0 saturated carbocycles. The standard InChI is InChI=1S/C18H14Cl2N2O/c19-16-8-4-7-14(17(16)20)11-15(12-21)18(23)22-10-9-13-5-2-1-3-6-13/h1-8,11H,9-10H2,(H,22,23)/b15-11-. The lowest BCUT2D eigenvalue weighted by atomic mass is 10.1. The molecule has 0 aromatic heterocycles. The summed E-state index contributed by atoms with van der Waals surface area (Å²) in [4.78, 5) is 12.1. The summed E-state index contributed by atoms with van der Waals surface area (Å²) in [6.07, 6.45) is 2.13. The van der Waals surface area contributed by atoms with E-state index in [4.69, 9.17) is 23.2 Å². The topological polar surface area (TPSA) is 52.9 Å². The van der Waals surface area contributed by atoms with E-state index in [2.05, 4.69) is 5.32 Å². The van der Waals surface area contributed by atoms with Gasteiger partial charge in [0.05, 0.1) is 10.0 Å². The number of nitrogens with one attached hydrogen (secondary N) is 1. The Kier molecular flexibility index (Phi) is 6.22. The number of amides is 1. The van der Waals surface area contributed by atoms with Crippen molar-refractivity contribution in [2.24, 2.45) is 0 Å². The Morgan fingerprint density at radius 1 is 1.13 bits per heavy atom. The van der Waals surface area contributed by atoms with Crippen molar-refractivity contribution in [3.05, 3.63) is 75.3 Å². The molecule has 23 heavy (non-hydrogen) atoms. The summed E-state index contributed by atoms with van der Waals surface area (Å²) in [5.41, 5.74) is 1.64. The van der Waals surface area contributed by atoms with Crippen LogP contribution in [0.15, 0.2) is 54.1 Å². The van der Waals surface area contributed by atoms with E-state index in [1.54, 1.807) is 18.2 Å². The summed E-state index contributed by atoms with van der Waals surface area (Å²) in [6, 6.07) is 16.7. The second-order valence-corrected chi connectivity index (χ2v) is 5.59. The third-order valence-electron chi connectivity index (χ3n) is 3.19. The second kappa shape index (κ2) is 8.38. The molecule has 0 bridgehead atoms. The summed E-state index contributed by atoms with van der Waals surface area (Å²) in [7, 11) is 0. The Hall–Kier alpha value is -2.28. The molecule has 0 radical (unpaired) electrons. The Balaban J connectivity index is 2.03. The Labute approximate surface area is 145 Å². The lowest BCUT2D eigenvalue weighted by Crippen LogP contribution is -2.26. The van der Waals surface area contributed by atoms with Crippen LogP contribution in [0.1, 0.15) is 11.1 Å². The highest BCUT2D eigenvalue weighted by molar-refractivity contribution is 6.43. The van der Waals surface area contributed by atoms with Gasteiger partial charge in [0, 0.05) is 6.54 Å². The van der Waals surface area contributed by atoms with Crippen molar-refractivity contribution in [3.63, 3.8) is 0 Å². The van der Waals surface area contributed by atoms with Gasteiger partial charge in [0.25, 0.3) is 5.91 Å². The van der Waals surface area contributed by atoms with Gasteiger partial charge in [-0.25, -0.2) is 0 Å². The highest BCUT2D eigenvalue weighted by Gasteiger charge is 2.10. The molecule has 0 aliphatic heterocycles. The summed E-state index contributed by atoms with van der Waals surface area (Å²) >= 11 is 12.0. The predicted molar refractivity (Wildman–Crippen MR) is 93.2 cm³/mol. The van der Waals surface area contributed by atoms with Crippen LogP contribution in [0.4, 0.5) is 0 Å². The van der Waals surface area contributed by atoms with Gasteiger partial charge in [-0.15, -0.1) is 0 Å². The fraction of sp³-hybridized carbons (Fsp3) is 0.111. The van der Waals surface area contributed by atoms with E-state index in [-0.39, 0.29) is 5.57 Å². The zero-order valence-electron chi connectivity index (χ0n) is 12.2. The molecule has 1 amide bonds. The maximum Gasteiger partial charge on any atom is 0.261 e. The molecule has 116 valence electrons. The molecule has 0 aliphatic carbocycles. The van der Waals surface area contributed by atoms with Crippen LogP contribution in [-0.2, 0) is 11.2 Å². The van der Waals surface area contributed by atoms with Crippen LogP contribution in [0.3, 0.4) is 0 Å². The van der Waals surface area contributed by atoms with Gasteiger partial charge >= 0.3 is 0 Å². The number of hydrogen-bond acceptors (Lipinski definition) is 2. The van der Waals surface area contributed by atoms with E-state index < -0.39 is 5.91 Å². The SMILES string of the molecule is N#C/C(=C/c1cccc(Cl)c1Cl)C(=O)NCCc1ccccc1. The first-order valence-electron chi connectivity index (χ1n) is 6.99. The van der Waals surface area contributed by atoms with Crippen molar-refractivity contribution in [2.45, 2.75) is 6.42 Å². The van der Waals surface area contributed by atoms with Gasteiger partial charge in [-0.1, -0.05) is 65.7 Å². The number of halogens is 2. The molecular weight excluding hydrogens is 331 g/mol. The number of benzene rings is 2. The first-order valence-corrected chi connectivity index (χ1v) is 7.75. The molecule has 0 fully saturated rings. The third-order valence-corrected chi connectivity index (χ3v) is 4.02. The van der Waals surface area contributed by atoms with Gasteiger partial charge in [-0.2, -0.15) is 5.26 Å². The van der Waals surface area contributed by atoms with Gasteiger partial charge in [0.2, 0.25) is 0 Å². The van der Waals surface area contributed by atoms with E-state index >= 15 is 0 Å². The van der Waals surface area contributed by atoms with E-state index in [0.717, 1.165) is 5.56 Å². The lowest BCUT2D eigenvalue weighted by Gasteiger charge is -2.05. The zero-order valence-corrected chi connectivity index (χ0v) is 13.7. The van der Waals surface area contributed by atoms with Crippen molar-refractivity contribution in [1.82, 2.24) is 5.32 Å². The number of rotatable bonds is 5. The largest absolute Gasteiger partial charge is 0.351 e. The smallest absolute Gasteiger partial charge is 0.261 e. The second-order valence-electron chi connectivity index (χ2n) is 4.80. The quantitative estimate of drug-likeness (QED) is 0.650. The van der Waals surface area contributed by atoms with Crippen LogP contribution in [0, 0.1) is 11.3 Å². The maximum atomic E-state index is 12.1. The lowest BCUT2D eigenvalue weighted by molar-refractivity contribution is -0.117. The minimum Gasteiger partial charge on any atom is -0.351 e. The van der Waals surface area contributed by atoms with Crippen LogP contribution in [-0.4, -0.2) is 12.5 Å². The monoisotopic (exact) mass is 344 g/mol. The fourth-order valence-corrected chi connectivity index (χ4v) is 2.36. The maximum absolute atomic E-state index is 12.1. The molecule has 0 aliphatic rings. The fourth-order valence-electron chi connectivity index (χ4n) is 2.00.